The summed E-state index contributed by atoms with van der Waals surface area (Å²) in [4.78, 5) is 5.18. The van der Waals surface area contributed by atoms with E-state index in [4.69, 9.17) is 4.74 Å². The standard InChI is InChI=1S/C21H25N3O2S/c1-3-26-18-10-6-4-9-16(18)13-23-21(22-2)24-14-17(25)20-12-15-8-5-7-11-19(15)27-20/h4-12,17,25H,3,13-14H2,1-2H3,(H2,22,23,24). The number of fused-ring (bicyclic) bond motifs is 1. The average molecular weight is 384 g/mol. The van der Waals surface area contributed by atoms with E-state index in [1.807, 2.05) is 49.4 Å². The van der Waals surface area contributed by atoms with Crippen LogP contribution < -0.4 is 15.4 Å². The fraction of sp³-hybridized carbons (Fsp3) is 0.286. The highest BCUT2D eigenvalue weighted by Crippen LogP contribution is 2.29. The molecule has 3 N–H and O–H groups in total. The van der Waals surface area contributed by atoms with E-state index in [1.165, 1.54) is 4.70 Å². The summed E-state index contributed by atoms with van der Waals surface area (Å²) < 4.78 is 6.83. The molecule has 0 bridgehead atoms. The number of rotatable bonds is 7. The number of ether oxygens (including phenoxy) is 1. The number of aliphatic imine (C=N–C) groups is 1. The predicted molar refractivity (Wildman–Crippen MR) is 113 cm³/mol. The second-order valence-electron chi connectivity index (χ2n) is 6.05. The van der Waals surface area contributed by atoms with Gasteiger partial charge in [0.25, 0.3) is 0 Å². The maximum Gasteiger partial charge on any atom is 0.191 e. The van der Waals surface area contributed by atoms with Crippen molar-refractivity contribution < 1.29 is 9.84 Å². The summed E-state index contributed by atoms with van der Waals surface area (Å²) in [6.45, 7) is 3.58. The van der Waals surface area contributed by atoms with Gasteiger partial charge >= 0.3 is 0 Å². The van der Waals surface area contributed by atoms with Gasteiger partial charge in [0.15, 0.2) is 5.96 Å². The van der Waals surface area contributed by atoms with Crippen molar-refractivity contribution in [3.05, 3.63) is 65.0 Å². The Morgan fingerprint density at radius 1 is 1.15 bits per heavy atom. The highest BCUT2D eigenvalue weighted by Gasteiger charge is 2.12. The monoisotopic (exact) mass is 383 g/mol. The molecule has 0 saturated carbocycles. The van der Waals surface area contributed by atoms with Crippen LogP contribution in [-0.4, -0.2) is 31.3 Å². The van der Waals surface area contributed by atoms with Gasteiger partial charge in [-0.05, 0) is 30.5 Å². The third-order valence-corrected chi connectivity index (χ3v) is 5.40. The number of guanidine groups is 1. The minimum absolute atomic E-state index is 0.388. The Hall–Kier alpha value is -2.57. The zero-order valence-electron chi connectivity index (χ0n) is 15.6. The SMILES string of the molecule is CCOc1ccccc1CNC(=NC)NCC(O)c1cc2ccccc2s1. The third kappa shape index (κ3) is 4.99. The number of para-hydroxylation sites is 1. The molecule has 3 rings (SSSR count). The summed E-state index contributed by atoms with van der Waals surface area (Å²) in [5.74, 6) is 1.51. The number of nitrogens with one attached hydrogen (secondary N) is 2. The van der Waals surface area contributed by atoms with Crippen molar-refractivity contribution in [1.29, 1.82) is 0 Å². The zero-order valence-corrected chi connectivity index (χ0v) is 16.4. The molecule has 3 aromatic rings. The van der Waals surface area contributed by atoms with Crippen LogP contribution in [0.4, 0.5) is 0 Å². The fourth-order valence-electron chi connectivity index (χ4n) is 2.81. The van der Waals surface area contributed by atoms with Crippen LogP contribution in [0.5, 0.6) is 5.75 Å². The zero-order chi connectivity index (χ0) is 19.1. The van der Waals surface area contributed by atoms with E-state index in [2.05, 4.69) is 27.8 Å². The molecule has 27 heavy (non-hydrogen) atoms. The van der Waals surface area contributed by atoms with Crippen molar-refractivity contribution in [2.75, 3.05) is 20.2 Å². The molecule has 0 amide bonds. The Morgan fingerprint density at radius 2 is 1.93 bits per heavy atom. The first-order valence-electron chi connectivity index (χ1n) is 9.03. The number of hydrogen-bond acceptors (Lipinski definition) is 4. The lowest BCUT2D eigenvalue weighted by atomic mass is 10.2. The fourth-order valence-corrected chi connectivity index (χ4v) is 3.86. The molecule has 0 aliphatic carbocycles. The Labute approximate surface area is 163 Å². The molecule has 0 radical (unpaired) electrons. The van der Waals surface area contributed by atoms with Crippen molar-refractivity contribution in [3.8, 4) is 5.75 Å². The van der Waals surface area contributed by atoms with Crippen molar-refractivity contribution in [2.24, 2.45) is 4.99 Å². The average Bonchev–Trinajstić information content (AvgIpc) is 3.13. The molecule has 0 aliphatic rings. The molecule has 142 valence electrons. The van der Waals surface area contributed by atoms with E-state index in [9.17, 15) is 5.11 Å². The number of aliphatic hydroxyl groups is 1. The van der Waals surface area contributed by atoms with E-state index in [0.29, 0.717) is 25.7 Å². The molecule has 1 aromatic heterocycles. The first kappa shape index (κ1) is 19.2. The summed E-state index contributed by atoms with van der Waals surface area (Å²) in [7, 11) is 1.72. The van der Waals surface area contributed by atoms with Gasteiger partial charge in [0.05, 0.1) is 6.61 Å². The molecule has 0 aliphatic heterocycles. The summed E-state index contributed by atoms with van der Waals surface area (Å²) in [6.07, 6.45) is -0.586. The summed E-state index contributed by atoms with van der Waals surface area (Å²) in [6, 6.07) is 18.1. The van der Waals surface area contributed by atoms with Gasteiger partial charge in [-0.2, -0.15) is 0 Å². The molecule has 1 atom stereocenters. The van der Waals surface area contributed by atoms with Gasteiger partial charge in [-0.1, -0.05) is 36.4 Å². The Morgan fingerprint density at radius 3 is 2.70 bits per heavy atom. The minimum Gasteiger partial charge on any atom is -0.494 e. The normalized spacial score (nSPS) is 12.8. The van der Waals surface area contributed by atoms with Crippen molar-refractivity contribution >= 4 is 27.4 Å². The first-order chi connectivity index (χ1) is 13.2. The topological polar surface area (TPSA) is 65.9 Å². The van der Waals surface area contributed by atoms with Crippen LogP contribution in [0.15, 0.2) is 59.6 Å². The highest BCUT2D eigenvalue weighted by molar-refractivity contribution is 7.19. The summed E-state index contributed by atoms with van der Waals surface area (Å²) >= 11 is 1.62. The molecule has 1 unspecified atom stereocenters. The maximum atomic E-state index is 10.5. The molecule has 6 heteroatoms. The second-order valence-corrected chi connectivity index (χ2v) is 7.17. The molecule has 5 nitrogen and oxygen atoms in total. The summed E-state index contributed by atoms with van der Waals surface area (Å²) in [5, 5.41) is 18.1. The highest BCUT2D eigenvalue weighted by atomic mass is 32.1. The van der Waals surface area contributed by atoms with Crippen molar-refractivity contribution in [1.82, 2.24) is 10.6 Å². The lowest BCUT2D eigenvalue weighted by molar-refractivity contribution is 0.184. The van der Waals surface area contributed by atoms with Gasteiger partial charge in [-0.25, -0.2) is 0 Å². The van der Waals surface area contributed by atoms with Crippen LogP contribution in [0.1, 0.15) is 23.5 Å². The maximum absolute atomic E-state index is 10.5. The lowest BCUT2D eigenvalue weighted by Gasteiger charge is -2.16. The molecule has 0 spiro atoms. The molecule has 0 saturated heterocycles. The van der Waals surface area contributed by atoms with E-state index < -0.39 is 6.10 Å². The predicted octanol–water partition coefficient (Wildman–Crippen LogP) is 3.70. The van der Waals surface area contributed by atoms with Gasteiger partial charge in [0, 0.05) is 35.3 Å². The van der Waals surface area contributed by atoms with Gasteiger partial charge in [-0.15, -0.1) is 11.3 Å². The Balaban J connectivity index is 1.56. The van der Waals surface area contributed by atoms with Gasteiger partial charge in [0.1, 0.15) is 11.9 Å². The Bertz CT molecular complexity index is 874. The number of benzene rings is 2. The molecular formula is C21H25N3O2S. The van der Waals surface area contributed by atoms with Gasteiger partial charge in [-0.3, -0.25) is 4.99 Å². The van der Waals surface area contributed by atoms with E-state index in [1.54, 1.807) is 18.4 Å². The molecular weight excluding hydrogens is 358 g/mol. The van der Waals surface area contributed by atoms with E-state index in [0.717, 1.165) is 21.6 Å². The number of thiophene rings is 1. The summed E-state index contributed by atoms with van der Waals surface area (Å²) in [5.41, 5.74) is 1.06. The van der Waals surface area contributed by atoms with Crippen LogP contribution in [0.3, 0.4) is 0 Å². The van der Waals surface area contributed by atoms with Gasteiger partial charge in [0.2, 0.25) is 0 Å². The van der Waals surface area contributed by atoms with E-state index >= 15 is 0 Å². The molecule has 2 aromatic carbocycles. The molecule has 0 fully saturated rings. The smallest absolute Gasteiger partial charge is 0.191 e. The first-order valence-corrected chi connectivity index (χ1v) is 9.84. The van der Waals surface area contributed by atoms with Crippen molar-refractivity contribution in [2.45, 2.75) is 19.6 Å². The Kier molecular flexibility index (Phi) is 6.68. The quantitative estimate of drug-likeness (QED) is 0.430. The number of aliphatic hydroxyl groups excluding tert-OH is 1. The van der Waals surface area contributed by atoms with Crippen LogP contribution >= 0.6 is 11.3 Å². The largest absolute Gasteiger partial charge is 0.494 e. The number of nitrogens with zero attached hydrogens (tertiary/aromatic N) is 1. The minimum atomic E-state index is -0.586. The molecule has 1 heterocycles. The van der Waals surface area contributed by atoms with Crippen LogP contribution in [0.2, 0.25) is 0 Å². The van der Waals surface area contributed by atoms with Crippen LogP contribution in [0, 0.1) is 0 Å². The lowest BCUT2D eigenvalue weighted by Crippen LogP contribution is -2.38. The number of hydrogen-bond donors (Lipinski definition) is 3. The van der Waals surface area contributed by atoms with Crippen molar-refractivity contribution in [3.63, 3.8) is 0 Å². The van der Waals surface area contributed by atoms with Crippen LogP contribution in [-0.2, 0) is 6.54 Å². The van der Waals surface area contributed by atoms with Crippen LogP contribution in [0.25, 0.3) is 10.1 Å². The van der Waals surface area contributed by atoms with Gasteiger partial charge < -0.3 is 20.5 Å². The third-order valence-electron chi connectivity index (χ3n) is 4.18. The van der Waals surface area contributed by atoms with E-state index in [-0.39, 0.29) is 0 Å². The second kappa shape index (κ2) is 9.39.